The van der Waals surface area contributed by atoms with E-state index < -0.39 is 6.03 Å². The van der Waals surface area contributed by atoms with Crippen molar-refractivity contribution in [1.29, 1.82) is 0 Å². The number of rotatable bonds is 3. The van der Waals surface area contributed by atoms with E-state index in [4.69, 9.17) is 0 Å². The fourth-order valence-corrected chi connectivity index (χ4v) is 1.39. The minimum Gasteiger partial charge on any atom is -0.331 e. The number of urea groups is 1. The number of Topliss-reactive ketones (excluding diaryl/α,β-unsaturated/α-hetero) is 1. The molecule has 2 rings (SSSR count). The summed E-state index contributed by atoms with van der Waals surface area (Å²) in [4.78, 5) is 29.2. The van der Waals surface area contributed by atoms with E-state index >= 15 is 0 Å². The number of hydrogen-bond acceptors (Lipinski definition) is 3. The number of aromatic amines is 1. The van der Waals surface area contributed by atoms with Crippen LogP contribution in [0.3, 0.4) is 0 Å². The smallest absolute Gasteiger partial charge is 0.326 e. The van der Waals surface area contributed by atoms with E-state index in [0.717, 1.165) is 0 Å². The Bertz CT molecular complexity index is 546. The quantitative estimate of drug-likeness (QED) is 0.724. The Labute approximate surface area is 103 Å². The highest BCUT2D eigenvalue weighted by molar-refractivity contribution is 5.99. The van der Waals surface area contributed by atoms with Crippen molar-refractivity contribution in [3.63, 3.8) is 0 Å². The Kier molecular flexibility index (Phi) is 3.38. The second kappa shape index (κ2) is 5.13. The SMILES string of the molecule is CC(=O)c1ccc(NC(=O)Nc2ncc[nH]2)cc1. The average molecular weight is 244 g/mol. The molecule has 6 nitrogen and oxygen atoms in total. The minimum atomic E-state index is -0.402. The van der Waals surface area contributed by atoms with Crippen LogP contribution in [0.2, 0.25) is 0 Å². The molecule has 1 heterocycles. The molecule has 0 unspecified atom stereocenters. The number of nitrogens with zero attached hydrogens (tertiary/aromatic N) is 1. The summed E-state index contributed by atoms with van der Waals surface area (Å²) in [5.41, 5.74) is 1.20. The van der Waals surface area contributed by atoms with Crippen molar-refractivity contribution in [2.24, 2.45) is 0 Å². The Morgan fingerprint density at radius 2 is 1.89 bits per heavy atom. The van der Waals surface area contributed by atoms with Crippen molar-refractivity contribution in [2.75, 3.05) is 10.6 Å². The van der Waals surface area contributed by atoms with Gasteiger partial charge < -0.3 is 10.3 Å². The lowest BCUT2D eigenvalue weighted by atomic mass is 10.1. The zero-order valence-corrected chi connectivity index (χ0v) is 9.73. The number of imidazole rings is 1. The Morgan fingerprint density at radius 1 is 1.17 bits per heavy atom. The Hall–Kier alpha value is -2.63. The van der Waals surface area contributed by atoms with Crippen molar-refractivity contribution < 1.29 is 9.59 Å². The van der Waals surface area contributed by atoms with Gasteiger partial charge >= 0.3 is 6.03 Å². The van der Waals surface area contributed by atoms with Crippen molar-refractivity contribution in [1.82, 2.24) is 9.97 Å². The molecule has 0 aliphatic heterocycles. The monoisotopic (exact) mass is 244 g/mol. The molecule has 1 aromatic heterocycles. The Morgan fingerprint density at radius 3 is 2.44 bits per heavy atom. The van der Waals surface area contributed by atoms with Crippen molar-refractivity contribution in [3.05, 3.63) is 42.2 Å². The van der Waals surface area contributed by atoms with E-state index in [-0.39, 0.29) is 5.78 Å². The number of aromatic nitrogens is 2. The highest BCUT2D eigenvalue weighted by Crippen LogP contribution is 2.10. The number of H-pyrrole nitrogens is 1. The molecule has 2 aromatic rings. The van der Waals surface area contributed by atoms with Crippen LogP contribution < -0.4 is 10.6 Å². The normalized spacial score (nSPS) is 9.83. The zero-order chi connectivity index (χ0) is 13.0. The maximum Gasteiger partial charge on any atom is 0.326 e. The van der Waals surface area contributed by atoms with Crippen LogP contribution in [0.1, 0.15) is 17.3 Å². The van der Waals surface area contributed by atoms with Crippen LogP contribution in [0, 0.1) is 0 Å². The van der Waals surface area contributed by atoms with E-state index in [9.17, 15) is 9.59 Å². The molecule has 0 saturated carbocycles. The van der Waals surface area contributed by atoms with Crippen LogP contribution in [-0.4, -0.2) is 21.8 Å². The molecular formula is C12H12N4O2. The van der Waals surface area contributed by atoms with Gasteiger partial charge in [0.1, 0.15) is 0 Å². The average Bonchev–Trinajstić information content (AvgIpc) is 2.82. The summed E-state index contributed by atoms with van der Waals surface area (Å²) in [5, 5.41) is 5.15. The maximum absolute atomic E-state index is 11.5. The van der Waals surface area contributed by atoms with Gasteiger partial charge in [0.15, 0.2) is 5.78 Å². The summed E-state index contributed by atoms with van der Waals surface area (Å²) in [6, 6.07) is 6.24. The van der Waals surface area contributed by atoms with Gasteiger partial charge in [0.2, 0.25) is 5.95 Å². The molecular weight excluding hydrogens is 232 g/mol. The van der Waals surface area contributed by atoms with E-state index in [2.05, 4.69) is 20.6 Å². The lowest BCUT2D eigenvalue weighted by molar-refractivity contribution is 0.101. The summed E-state index contributed by atoms with van der Waals surface area (Å²) in [6.07, 6.45) is 3.15. The summed E-state index contributed by atoms with van der Waals surface area (Å²) >= 11 is 0. The molecule has 1 aromatic carbocycles. The molecule has 0 spiro atoms. The lowest BCUT2D eigenvalue weighted by Crippen LogP contribution is -2.20. The topological polar surface area (TPSA) is 86.9 Å². The molecule has 3 N–H and O–H groups in total. The molecule has 0 fully saturated rings. The number of benzene rings is 1. The van der Waals surface area contributed by atoms with Gasteiger partial charge in [-0.1, -0.05) is 0 Å². The number of carbonyl (C=O) groups excluding carboxylic acids is 2. The zero-order valence-electron chi connectivity index (χ0n) is 9.73. The third-order valence-electron chi connectivity index (χ3n) is 2.28. The number of anilines is 2. The van der Waals surface area contributed by atoms with Gasteiger partial charge in [-0.25, -0.2) is 9.78 Å². The predicted molar refractivity (Wildman–Crippen MR) is 67.7 cm³/mol. The molecule has 6 heteroatoms. The van der Waals surface area contributed by atoms with Gasteiger partial charge in [-0.3, -0.25) is 10.1 Å². The fraction of sp³-hybridized carbons (Fsp3) is 0.0833. The molecule has 0 bridgehead atoms. The second-order valence-electron chi connectivity index (χ2n) is 3.65. The first kappa shape index (κ1) is 11.8. The van der Waals surface area contributed by atoms with Gasteiger partial charge in [0.25, 0.3) is 0 Å². The van der Waals surface area contributed by atoms with E-state index in [1.165, 1.54) is 13.1 Å². The second-order valence-corrected chi connectivity index (χ2v) is 3.65. The van der Waals surface area contributed by atoms with Crippen LogP contribution >= 0.6 is 0 Å². The van der Waals surface area contributed by atoms with Crippen LogP contribution in [0.15, 0.2) is 36.7 Å². The van der Waals surface area contributed by atoms with Gasteiger partial charge in [0.05, 0.1) is 0 Å². The third-order valence-corrected chi connectivity index (χ3v) is 2.28. The van der Waals surface area contributed by atoms with Crippen LogP contribution in [0.5, 0.6) is 0 Å². The number of amides is 2. The first-order chi connectivity index (χ1) is 8.65. The highest BCUT2D eigenvalue weighted by atomic mass is 16.2. The van der Waals surface area contributed by atoms with E-state index in [1.54, 1.807) is 30.5 Å². The first-order valence-electron chi connectivity index (χ1n) is 5.33. The lowest BCUT2D eigenvalue weighted by Gasteiger charge is -2.05. The molecule has 18 heavy (non-hydrogen) atoms. The summed E-state index contributed by atoms with van der Waals surface area (Å²) in [7, 11) is 0. The van der Waals surface area contributed by atoms with Crippen LogP contribution in [0.25, 0.3) is 0 Å². The Balaban J connectivity index is 1.97. The van der Waals surface area contributed by atoms with Crippen molar-refractivity contribution in [3.8, 4) is 0 Å². The van der Waals surface area contributed by atoms with Gasteiger partial charge in [0, 0.05) is 23.6 Å². The number of hydrogen-bond donors (Lipinski definition) is 3. The molecule has 0 aliphatic carbocycles. The summed E-state index contributed by atoms with van der Waals surface area (Å²) in [6.45, 7) is 1.49. The van der Waals surface area contributed by atoms with Gasteiger partial charge in [-0.05, 0) is 31.2 Å². The number of ketones is 1. The maximum atomic E-state index is 11.5. The van der Waals surface area contributed by atoms with Gasteiger partial charge in [-0.15, -0.1) is 0 Å². The standard InChI is InChI=1S/C12H12N4O2/c1-8(17)9-2-4-10(5-3-9)15-12(18)16-11-13-6-7-14-11/h2-7H,1H3,(H3,13,14,15,16,18). The molecule has 2 amide bonds. The summed E-state index contributed by atoms with van der Waals surface area (Å²) < 4.78 is 0. The van der Waals surface area contributed by atoms with E-state index in [1.807, 2.05) is 0 Å². The first-order valence-corrected chi connectivity index (χ1v) is 5.33. The number of nitrogens with one attached hydrogen (secondary N) is 3. The largest absolute Gasteiger partial charge is 0.331 e. The molecule has 0 saturated heterocycles. The van der Waals surface area contributed by atoms with Crippen LogP contribution in [-0.2, 0) is 0 Å². The number of carbonyl (C=O) groups is 2. The highest BCUT2D eigenvalue weighted by Gasteiger charge is 2.04. The fourth-order valence-electron chi connectivity index (χ4n) is 1.39. The van der Waals surface area contributed by atoms with Gasteiger partial charge in [-0.2, -0.15) is 0 Å². The predicted octanol–water partition coefficient (Wildman–Crippen LogP) is 2.26. The van der Waals surface area contributed by atoms with Crippen LogP contribution in [0.4, 0.5) is 16.4 Å². The third kappa shape index (κ3) is 2.94. The molecule has 92 valence electrons. The van der Waals surface area contributed by atoms with Crippen molar-refractivity contribution in [2.45, 2.75) is 6.92 Å². The minimum absolute atomic E-state index is 0.0124. The molecule has 0 radical (unpaired) electrons. The van der Waals surface area contributed by atoms with Crippen molar-refractivity contribution >= 4 is 23.5 Å². The van der Waals surface area contributed by atoms with E-state index in [0.29, 0.717) is 17.2 Å². The summed E-state index contributed by atoms with van der Waals surface area (Å²) in [5.74, 6) is 0.356. The molecule has 0 aliphatic rings. The molecule has 0 atom stereocenters.